The predicted molar refractivity (Wildman–Crippen MR) is 101 cm³/mol. The van der Waals surface area contributed by atoms with E-state index in [9.17, 15) is 20.1 Å². The highest BCUT2D eigenvalue weighted by Gasteiger charge is 2.39. The molecule has 5 atom stereocenters. The van der Waals surface area contributed by atoms with Crippen molar-refractivity contribution in [3.8, 4) is 0 Å². The maximum atomic E-state index is 10.9. The van der Waals surface area contributed by atoms with Gasteiger partial charge in [0.25, 0.3) is 0 Å². The second-order valence-electron chi connectivity index (χ2n) is 7.36. The summed E-state index contributed by atoms with van der Waals surface area (Å²) in [5.41, 5.74) is 0. The number of hydrogen-bond donors (Lipinski definition) is 3. The number of allylic oxidation sites excluding steroid dienone is 2. The maximum absolute atomic E-state index is 10.9. The molecule has 1 rings (SSSR count). The number of rotatable bonds is 12. The van der Waals surface area contributed by atoms with Crippen LogP contribution in [0.5, 0.6) is 0 Å². The van der Waals surface area contributed by atoms with Gasteiger partial charge in [0.1, 0.15) is 5.78 Å². The molecule has 0 bridgehead atoms. The van der Waals surface area contributed by atoms with E-state index in [0.717, 1.165) is 38.5 Å². The standard InChI is InChI=1S/C21H36O4/c1-3-4-7-11-17(23)13-14-19-18(20(24)15-21(19)25)12-9-6-5-8-10-16(2)22/h6,9,13-14,17-21,23-25H,3-5,7-8,10-12,15H2,1-2H3/b9-6-,14-13+. The van der Waals surface area contributed by atoms with Crippen LogP contribution >= 0.6 is 0 Å². The van der Waals surface area contributed by atoms with Crippen molar-refractivity contribution in [2.24, 2.45) is 11.8 Å². The van der Waals surface area contributed by atoms with Crippen LogP contribution in [0.15, 0.2) is 24.3 Å². The summed E-state index contributed by atoms with van der Waals surface area (Å²) in [6.07, 6.45) is 13.7. The molecule has 0 amide bonds. The van der Waals surface area contributed by atoms with Crippen LogP contribution in [0.25, 0.3) is 0 Å². The zero-order chi connectivity index (χ0) is 18.7. The molecule has 0 saturated heterocycles. The lowest BCUT2D eigenvalue weighted by atomic mass is 9.89. The Kier molecular flexibility index (Phi) is 10.9. The summed E-state index contributed by atoms with van der Waals surface area (Å²) in [6, 6.07) is 0. The second-order valence-corrected chi connectivity index (χ2v) is 7.36. The third kappa shape index (κ3) is 8.80. The van der Waals surface area contributed by atoms with Crippen molar-refractivity contribution in [1.82, 2.24) is 0 Å². The van der Waals surface area contributed by atoms with E-state index in [1.807, 2.05) is 12.2 Å². The zero-order valence-corrected chi connectivity index (χ0v) is 15.8. The summed E-state index contributed by atoms with van der Waals surface area (Å²) in [7, 11) is 0. The third-order valence-corrected chi connectivity index (χ3v) is 5.05. The number of ketones is 1. The summed E-state index contributed by atoms with van der Waals surface area (Å²) in [5, 5.41) is 30.4. The highest BCUT2D eigenvalue weighted by molar-refractivity contribution is 5.75. The minimum atomic E-state index is -0.551. The molecule has 0 radical (unpaired) electrons. The van der Waals surface area contributed by atoms with Crippen LogP contribution in [0.1, 0.15) is 71.6 Å². The molecule has 0 aromatic heterocycles. The second kappa shape index (κ2) is 12.4. The van der Waals surface area contributed by atoms with Crippen molar-refractivity contribution in [2.75, 3.05) is 0 Å². The van der Waals surface area contributed by atoms with Crippen LogP contribution in [0.3, 0.4) is 0 Å². The molecule has 144 valence electrons. The van der Waals surface area contributed by atoms with E-state index in [1.54, 1.807) is 13.0 Å². The fraction of sp³-hybridized carbons (Fsp3) is 0.762. The molecule has 4 heteroatoms. The highest BCUT2D eigenvalue weighted by Crippen LogP contribution is 2.36. The predicted octanol–water partition coefficient (Wildman–Crippen LogP) is 3.55. The number of hydrogen-bond acceptors (Lipinski definition) is 4. The molecule has 3 N–H and O–H groups in total. The molecule has 0 heterocycles. The number of carbonyl (C=O) groups excluding carboxylic acids is 1. The van der Waals surface area contributed by atoms with E-state index in [-0.39, 0.29) is 17.6 Å². The van der Waals surface area contributed by atoms with Gasteiger partial charge >= 0.3 is 0 Å². The zero-order valence-electron chi connectivity index (χ0n) is 15.8. The monoisotopic (exact) mass is 352 g/mol. The number of unbranched alkanes of at least 4 members (excludes halogenated alkanes) is 3. The minimum Gasteiger partial charge on any atom is -0.393 e. The fourth-order valence-corrected chi connectivity index (χ4v) is 3.50. The normalized spacial score (nSPS) is 28.2. The van der Waals surface area contributed by atoms with E-state index in [2.05, 4.69) is 13.0 Å². The Hall–Kier alpha value is -0.970. The Morgan fingerprint density at radius 2 is 1.92 bits per heavy atom. The molecule has 0 spiro atoms. The van der Waals surface area contributed by atoms with Crippen molar-refractivity contribution < 1.29 is 20.1 Å². The first kappa shape index (κ1) is 22.1. The number of aliphatic hydroxyl groups is 3. The average molecular weight is 353 g/mol. The molecule has 4 nitrogen and oxygen atoms in total. The number of carbonyl (C=O) groups is 1. The van der Waals surface area contributed by atoms with Gasteiger partial charge in [0, 0.05) is 18.8 Å². The molecular weight excluding hydrogens is 316 g/mol. The van der Waals surface area contributed by atoms with Crippen LogP contribution in [-0.2, 0) is 4.79 Å². The SMILES string of the molecule is CCCCCC(O)/C=C/C1C(O)CC(O)C1C/C=C\CCCC(C)=O. The third-order valence-electron chi connectivity index (χ3n) is 5.05. The van der Waals surface area contributed by atoms with Gasteiger partial charge in [-0.15, -0.1) is 0 Å². The van der Waals surface area contributed by atoms with Crippen LogP contribution in [0.4, 0.5) is 0 Å². The van der Waals surface area contributed by atoms with E-state index < -0.39 is 18.3 Å². The first-order valence-corrected chi connectivity index (χ1v) is 9.82. The van der Waals surface area contributed by atoms with Gasteiger partial charge in [-0.2, -0.15) is 0 Å². The molecule has 0 aliphatic heterocycles. The summed E-state index contributed by atoms with van der Waals surface area (Å²) in [5.74, 6) is 0.0845. The molecule has 0 aromatic carbocycles. The van der Waals surface area contributed by atoms with Crippen molar-refractivity contribution in [1.29, 1.82) is 0 Å². The van der Waals surface area contributed by atoms with Gasteiger partial charge in [0.15, 0.2) is 0 Å². The average Bonchev–Trinajstić information content (AvgIpc) is 2.82. The van der Waals surface area contributed by atoms with Gasteiger partial charge in [-0.25, -0.2) is 0 Å². The lowest BCUT2D eigenvalue weighted by Gasteiger charge is -2.19. The molecule has 0 aromatic rings. The van der Waals surface area contributed by atoms with Crippen LogP contribution in [0.2, 0.25) is 0 Å². The van der Waals surface area contributed by atoms with Gasteiger partial charge in [0.2, 0.25) is 0 Å². The van der Waals surface area contributed by atoms with Crippen molar-refractivity contribution >= 4 is 5.78 Å². The fourth-order valence-electron chi connectivity index (χ4n) is 3.50. The molecule has 1 fully saturated rings. The molecule has 1 saturated carbocycles. The lowest BCUT2D eigenvalue weighted by molar-refractivity contribution is -0.117. The lowest BCUT2D eigenvalue weighted by Crippen LogP contribution is -2.20. The van der Waals surface area contributed by atoms with Gasteiger partial charge in [-0.3, -0.25) is 0 Å². The molecular formula is C21H36O4. The van der Waals surface area contributed by atoms with Gasteiger partial charge in [0.05, 0.1) is 18.3 Å². The Bertz CT molecular complexity index is 430. The topological polar surface area (TPSA) is 77.8 Å². The quantitative estimate of drug-likeness (QED) is 0.371. The van der Waals surface area contributed by atoms with Gasteiger partial charge in [-0.05, 0) is 38.5 Å². The first-order valence-electron chi connectivity index (χ1n) is 9.82. The van der Waals surface area contributed by atoms with Crippen LogP contribution < -0.4 is 0 Å². The largest absolute Gasteiger partial charge is 0.393 e. The minimum absolute atomic E-state index is 0.0156. The Morgan fingerprint density at radius 3 is 2.60 bits per heavy atom. The van der Waals surface area contributed by atoms with Crippen LogP contribution in [0, 0.1) is 11.8 Å². The van der Waals surface area contributed by atoms with Gasteiger partial charge < -0.3 is 20.1 Å². The maximum Gasteiger partial charge on any atom is 0.129 e. The summed E-state index contributed by atoms with van der Waals surface area (Å²) in [4.78, 5) is 10.9. The van der Waals surface area contributed by atoms with Crippen molar-refractivity contribution in [2.45, 2.75) is 89.9 Å². The summed E-state index contributed by atoms with van der Waals surface area (Å²) in [6.45, 7) is 3.74. The van der Waals surface area contributed by atoms with Crippen molar-refractivity contribution in [3.05, 3.63) is 24.3 Å². The number of Topliss-reactive ketones (excluding diaryl/α,β-unsaturated/α-hetero) is 1. The molecule has 5 unspecified atom stereocenters. The van der Waals surface area contributed by atoms with E-state index in [0.29, 0.717) is 19.3 Å². The first-order chi connectivity index (χ1) is 12.0. The molecule has 1 aliphatic carbocycles. The van der Waals surface area contributed by atoms with E-state index >= 15 is 0 Å². The molecule has 1 aliphatic rings. The highest BCUT2D eigenvalue weighted by atomic mass is 16.3. The van der Waals surface area contributed by atoms with E-state index in [1.165, 1.54) is 0 Å². The Labute approximate surface area is 152 Å². The van der Waals surface area contributed by atoms with E-state index in [4.69, 9.17) is 0 Å². The van der Waals surface area contributed by atoms with Gasteiger partial charge in [-0.1, -0.05) is 50.5 Å². The molecule has 25 heavy (non-hydrogen) atoms. The van der Waals surface area contributed by atoms with Crippen LogP contribution in [-0.4, -0.2) is 39.4 Å². The summed E-state index contributed by atoms with van der Waals surface area (Å²) < 4.78 is 0. The summed E-state index contributed by atoms with van der Waals surface area (Å²) >= 11 is 0. The van der Waals surface area contributed by atoms with Crippen molar-refractivity contribution in [3.63, 3.8) is 0 Å². The Balaban J connectivity index is 2.46. The smallest absolute Gasteiger partial charge is 0.129 e. The Morgan fingerprint density at radius 1 is 1.16 bits per heavy atom. The number of aliphatic hydroxyl groups excluding tert-OH is 3.